The average molecular weight is 583 g/mol. The van der Waals surface area contributed by atoms with Crippen LogP contribution >= 0.6 is 11.6 Å². The van der Waals surface area contributed by atoms with Crippen LogP contribution in [0.2, 0.25) is 5.02 Å². The number of benzene rings is 1. The molecule has 0 bridgehead atoms. The van der Waals surface area contributed by atoms with Gasteiger partial charge in [-0.2, -0.15) is 13.2 Å². The fraction of sp³-hybridized carbons (Fsp3) is 0.308. The summed E-state index contributed by atoms with van der Waals surface area (Å²) in [7, 11) is 2.74. The number of carbonyl (C=O) groups excluding carboxylic acids is 2. The second-order valence-electron chi connectivity index (χ2n) is 8.63. The molecule has 0 saturated heterocycles. The number of methoxy groups -OCH3 is 2. The second kappa shape index (κ2) is 12.8. The zero-order chi connectivity index (χ0) is 29.6. The van der Waals surface area contributed by atoms with Crippen molar-refractivity contribution in [1.82, 2.24) is 9.55 Å². The van der Waals surface area contributed by atoms with Gasteiger partial charge in [0.1, 0.15) is 23.2 Å². The monoisotopic (exact) mass is 582 g/mol. The molecule has 14 heteroatoms. The van der Waals surface area contributed by atoms with Crippen LogP contribution in [0.25, 0.3) is 11.1 Å². The Balaban J connectivity index is 2.05. The molecule has 0 aliphatic heterocycles. The zero-order valence-electron chi connectivity index (χ0n) is 21.6. The number of nitrogens with zero attached hydrogens (tertiary/aromatic N) is 2. The lowest BCUT2D eigenvalue weighted by molar-refractivity contribution is -0.153. The van der Waals surface area contributed by atoms with E-state index in [1.807, 2.05) is 0 Å². The molecule has 0 aliphatic carbocycles. The van der Waals surface area contributed by atoms with Gasteiger partial charge in [0.05, 0.1) is 31.3 Å². The summed E-state index contributed by atoms with van der Waals surface area (Å²) < 4.78 is 55.3. The SMILES string of the molecule is COc1cn(C(CC(C)OC)C(=O)Nc2ccc(C(N)=O)nc2)c(=O)cc1-c1cc(Cl)ccc1OCC(F)(F)F. The number of hydrogen-bond donors (Lipinski definition) is 2. The van der Waals surface area contributed by atoms with Crippen LogP contribution in [0.15, 0.2) is 53.6 Å². The van der Waals surface area contributed by atoms with Crippen LogP contribution in [-0.2, 0) is 9.53 Å². The number of aromatic nitrogens is 2. The summed E-state index contributed by atoms with van der Waals surface area (Å²) in [6, 6.07) is 6.71. The highest BCUT2D eigenvalue weighted by Crippen LogP contribution is 2.38. The first-order chi connectivity index (χ1) is 18.8. The van der Waals surface area contributed by atoms with Gasteiger partial charge in [0, 0.05) is 35.7 Å². The minimum absolute atomic E-state index is 0.00121. The van der Waals surface area contributed by atoms with Crippen molar-refractivity contribution in [3.63, 3.8) is 0 Å². The Kier molecular flexibility index (Phi) is 9.77. The van der Waals surface area contributed by atoms with E-state index >= 15 is 0 Å². The normalized spacial score (nSPS) is 12.9. The fourth-order valence-electron chi connectivity index (χ4n) is 3.74. The zero-order valence-corrected chi connectivity index (χ0v) is 22.4. The number of anilines is 1. The van der Waals surface area contributed by atoms with Gasteiger partial charge in [-0.15, -0.1) is 0 Å². The molecule has 3 N–H and O–H groups in total. The first kappa shape index (κ1) is 30.4. The molecular weight excluding hydrogens is 557 g/mol. The van der Waals surface area contributed by atoms with Gasteiger partial charge in [0.2, 0.25) is 5.91 Å². The molecular formula is C26H26ClF3N4O6. The largest absolute Gasteiger partial charge is 0.495 e. The predicted octanol–water partition coefficient (Wildman–Crippen LogP) is 4.22. The van der Waals surface area contributed by atoms with Crippen LogP contribution in [0, 0.1) is 0 Å². The number of rotatable bonds is 11. The highest BCUT2D eigenvalue weighted by molar-refractivity contribution is 6.31. The van der Waals surface area contributed by atoms with Gasteiger partial charge in [-0.05, 0) is 37.3 Å². The van der Waals surface area contributed by atoms with Crippen molar-refractivity contribution in [2.75, 3.05) is 26.1 Å². The van der Waals surface area contributed by atoms with E-state index in [4.69, 9.17) is 31.5 Å². The third-order valence-corrected chi connectivity index (χ3v) is 6.00. The van der Waals surface area contributed by atoms with E-state index in [2.05, 4.69) is 10.3 Å². The van der Waals surface area contributed by atoms with Crippen molar-refractivity contribution in [3.8, 4) is 22.6 Å². The van der Waals surface area contributed by atoms with Crippen LogP contribution in [0.3, 0.4) is 0 Å². The van der Waals surface area contributed by atoms with E-state index in [0.29, 0.717) is 0 Å². The number of nitrogens with two attached hydrogens (primary N) is 1. The molecule has 2 aromatic heterocycles. The Labute approximate surface area is 231 Å². The standard InChI is InChI=1S/C26H26ClF3N4O6/c1-14(38-2)8-20(25(37)33-16-5-6-19(24(31)36)32-11-16)34-12-22(39-3)18(10-23(34)35)17-9-15(27)4-7-21(17)40-13-26(28,29)30/h4-7,9-12,14,20H,8,13H2,1-3H3,(H2,31,36)(H,33,37). The summed E-state index contributed by atoms with van der Waals surface area (Å²) in [5, 5.41) is 2.82. The minimum Gasteiger partial charge on any atom is -0.495 e. The van der Waals surface area contributed by atoms with Gasteiger partial charge in [-0.3, -0.25) is 19.0 Å². The Morgan fingerprint density at radius 1 is 1.12 bits per heavy atom. The molecule has 0 spiro atoms. The summed E-state index contributed by atoms with van der Waals surface area (Å²) in [5.74, 6) is -1.46. The van der Waals surface area contributed by atoms with E-state index < -0.39 is 42.3 Å². The summed E-state index contributed by atoms with van der Waals surface area (Å²) in [6.45, 7) is 0.143. The number of nitrogens with one attached hydrogen (secondary N) is 1. The number of carbonyl (C=O) groups is 2. The maximum atomic E-state index is 13.4. The lowest BCUT2D eigenvalue weighted by Gasteiger charge is -2.23. The van der Waals surface area contributed by atoms with Gasteiger partial charge in [0.15, 0.2) is 6.61 Å². The lowest BCUT2D eigenvalue weighted by atomic mass is 10.0. The Morgan fingerprint density at radius 3 is 2.40 bits per heavy atom. The summed E-state index contributed by atoms with van der Waals surface area (Å²) >= 11 is 6.09. The van der Waals surface area contributed by atoms with Gasteiger partial charge in [0.25, 0.3) is 11.5 Å². The molecule has 0 radical (unpaired) electrons. The van der Waals surface area contributed by atoms with Crippen LogP contribution in [0.1, 0.15) is 29.9 Å². The quantitative estimate of drug-likeness (QED) is 0.346. The predicted molar refractivity (Wildman–Crippen MR) is 141 cm³/mol. The molecule has 3 rings (SSSR count). The molecule has 2 amide bonds. The van der Waals surface area contributed by atoms with Gasteiger partial charge < -0.3 is 25.3 Å². The average Bonchev–Trinajstić information content (AvgIpc) is 2.90. The van der Waals surface area contributed by atoms with Gasteiger partial charge >= 0.3 is 6.18 Å². The molecule has 10 nitrogen and oxygen atoms in total. The molecule has 214 valence electrons. The lowest BCUT2D eigenvalue weighted by Crippen LogP contribution is -2.35. The molecule has 0 aliphatic rings. The third-order valence-electron chi connectivity index (χ3n) is 5.77. The summed E-state index contributed by atoms with van der Waals surface area (Å²) in [6.07, 6.45) is -2.48. The number of primary amides is 1. The van der Waals surface area contributed by atoms with E-state index in [9.17, 15) is 27.6 Å². The molecule has 2 unspecified atom stereocenters. The minimum atomic E-state index is -4.60. The highest BCUT2D eigenvalue weighted by Gasteiger charge is 2.30. The highest BCUT2D eigenvalue weighted by atomic mass is 35.5. The van der Waals surface area contributed by atoms with Crippen molar-refractivity contribution < 1.29 is 37.0 Å². The molecule has 40 heavy (non-hydrogen) atoms. The van der Waals surface area contributed by atoms with E-state index in [1.165, 1.54) is 56.9 Å². The molecule has 3 aromatic rings. The van der Waals surface area contributed by atoms with Crippen LogP contribution in [0.4, 0.5) is 18.9 Å². The van der Waals surface area contributed by atoms with E-state index in [0.717, 1.165) is 10.6 Å². The van der Waals surface area contributed by atoms with Crippen molar-refractivity contribution in [1.29, 1.82) is 0 Å². The van der Waals surface area contributed by atoms with E-state index in [-0.39, 0.29) is 45.5 Å². The van der Waals surface area contributed by atoms with Crippen LogP contribution in [0.5, 0.6) is 11.5 Å². The maximum Gasteiger partial charge on any atom is 0.422 e. The molecule has 1 aromatic carbocycles. The van der Waals surface area contributed by atoms with Crippen molar-refractivity contribution >= 4 is 29.1 Å². The van der Waals surface area contributed by atoms with Crippen molar-refractivity contribution in [2.45, 2.75) is 31.7 Å². The molecule has 0 fully saturated rings. The molecule has 0 saturated carbocycles. The van der Waals surface area contributed by atoms with Crippen molar-refractivity contribution in [2.24, 2.45) is 5.73 Å². The smallest absolute Gasteiger partial charge is 0.422 e. The number of alkyl halides is 3. The second-order valence-corrected chi connectivity index (χ2v) is 9.07. The fourth-order valence-corrected chi connectivity index (χ4v) is 3.91. The third kappa shape index (κ3) is 7.73. The van der Waals surface area contributed by atoms with E-state index in [1.54, 1.807) is 6.92 Å². The number of hydrogen-bond acceptors (Lipinski definition) is 7. The molecule has 2 atom stereocenters. The number of halogens is 4. The van der Waals surface area contributed by atoms with Crippen LogP contribution in [-0.4, -0.2) is 54.5 Å². The first-order valence-electron chi connectivity index (χ1n) is 11.7. The first-order valence-corrected chi connectivity index (χ1v) is 12.1. The summed E-state index contributed by atoms with van der Waals surface area (Å²) in [5.41, 5.74) is 4.96. The Morgan fingerprint density at radius 2 is 1.82 bits per heavy atom. The van der Waals surface area contributed by atoms with Crippen molar-refractivity contribution in [3.05, 3.63) is 69.9 Å². The topological polar surface area (TPSA) is 135 Å². The van der Waals surface area contributed by atoms with Gasteiger partial charge in [-0.1, -0.05) is 11.6 Å². The molecule has 2 heterocycles. The Bertz CT molecular complexity index is 1430. The summed E-state index contributed by atoms with van der Waals surface area (Å²) in [4.78, 5) is 41.8. The van der Waals surface area contributed by atoms with Gasteiger partial charge in [-0.25, -0.2) is 4.98 Å². The number of amides is 2. The van der Waals surface area contributed by atoms with Crippen LogP contribution < -0.4 is 26.1 Å². The maximum absolute atomic E-state index is 13.4. The number of ether oxygens (including phenoxy) is 3. The number of pyridine rings is 2. The Hall–Kier alpha value is -4.10.